The normalized spacial score (nSPS) is 13.8. The second-order valence-electron chi connectivity index (χ2n) is 8.71. The molecule has 190 valence electrons. The van der Waals surface area contributed by atoms with Crippen molar-refractivity contribution in [2.24, 2.45) is 0 Å². The van der Waals surface area contributed by atoms with E-state index in [0.717, 1.165) is 40.0 Å². The van der Waals surface area contributed by atoms with Gasteiger partial charge in [0, 0.05) is 34.3 Å². The fourth-order valence-corrected chi connectivity index (χ4v) is 5.85. The lowest BCUT2D eigenvalue weighted by atomic mass is 9.96. The van der Waals surface area contributed by atoms with Gasteiger partial charge in [-0.05, 0) is 67.3 Å². The van der Waals surface area contributed by atoms with Crippen molar-refractivity contribution in [3.05, 3.63) is 77.0 Å². The lowest BCUT2D eigenvalue weighted by molar-refractivity contribution is 0.461. The monoisotopic (exact) mass is 569 g/mol. The van der Waals surface area contributed by atoms with Crippen LogP contribution >= 0.6 is 44.4 Å². The Morgan fingerprint density at radius 1 is 0.919 bits per heavy atom. The molecule has 1 fully saturated rings. The first-order chi connectivity index (χ1) is 18.1. The Labute approximate surface area is 233 Å². The zero-order chi connectivity index (χ0) is 25.6. The summed E-state index contributed by atoms with van der Waals surface area (Å²) in [6, 6.07) is 17.5. The van der Waals surface area contributed by atoms with E-state index >= 15 is 0 Å². The predicted molar refractivity (Wildman–Crippen MR) is 158 cm³/mol. The molecule has 2 N–H and O–H groups in total. The van der Waals surface area contributed by atoms with E-state index in [0.29, 0.717) is 33.7 Å². The highest BCUT2D eigenvalue weighted by Gasteiger charge is 2.17. The molecule has 6 nitrogen and oxygen atoms in total. The number of hydrogen-bond acceptors (Lipinski definition) is 7. The summed E-state index contributed by atoms with van der Waals surface area (Å²) in [6.07, 6.45) is 9.51. The molecule has 0 saturated heterocycles. The van der Waals surface area contributed by atoms with Crippen LogP contribution in [0.1, 0.15) is 32.1 Å². The number of benzene rings is 2. The van der Waals surface area contributed by atoms with Crippen molar-refractivity contribution in [3.8, 4) is 22.9 Å². The summed E-state index contributed by atoms with van der Waals surface area (Å²) in [5.74, 6) is 1.55. The molecule has 37 heavy (non-hydrogen) atoms. The molecule has 2 aromatic heterocycles. The number of nitrogens with one attached hydrogen (secondary N) is 2. The summed E-state index contributed by atoms with van der Waals surface area (Å²) in [7, 11) is 2.68. The van der Waals surface area contributed by atoms with Crippen LogP contribution in [0.3, 0.4) is 0 Å². The van der Waals surface area contributed by atoms with E-state index in [-0.39, 0.29) is 0 Å². The first-order valence-electron chi connectivity index (χ1n) is 12.1. The van der Waals surface area contributed by atoms with Gasteiger partial charge in [0.05, 0.1) is 21.3 Å². The summed E-state index contributed by atoms with van der Waals surface area (Å²) < 4.78 is 9.54. The molecule has 1 unspecified atom stereocenters. The number of nitrogens with zero attached hydrogens (tertiary/aromatic N) is 3. The summed E-state index contributed by atoms with van der Waals surface area (Å²) in [5.41, 5.74) is 2.31. The van der Waals surface area contributed by atoms with E-state index in [2.05, 4.69) is 29.2 Å². The second kappa shape index (κ2) is 12.3. The van der Waals surface area contributed by atoms with Crippen LogP contribution in [0.5, 0.6) is 11.6 Å². The van der Waals surface area contributed by atoms with Crippen molar-refractivity contribution in [2.75, 3.05) is 10.0 Å². The van der Waals surface area contributed by atoms with Crippen LogP contribution in [0.4, 0.5) is 11.6 Å². The SMILES string of the molecule is Pc1cc(NSc2ccccc2Cl)cc(Cl)c1Oc1ncccc1-c1ccnc(NC2CCCCC2)n1. The molecular formula is C27H26Cl2N5OPS. The fourth-order valence-electron chi connectivity index (χ4n) is 4.19. The summed E-state index contributed by atoms with van der Waals surface area (Å²) in [5, 5.41) is 5.41. The standard InChI is InChI=1S/C27H26Cl2N5OPS/c28-20-10-4-5-11-24(20)37-34-18-15-21(29)25(23(36)16-18)35-26-19(9-6-13-30-26)22-12-14-31-27(33-22)32-17-7-2-1-3-8-17/h4-6,9-17,34H,1-3,7-8,36H2,(H,31,32,33). The van der Waals surface area contributed by atoms with Gasteiger partial charge >= 0.3 is 0 Å². The van der Waals surface area contributed by atoms with E-state index < -0.39 is 0 Å². The van der Waals surface area contributed by atoms with Crippen molar-refractivity contribution in [1.29, 1.82) is 0 Å². The van der Waals surface area contributed by atoms with Gasteiger partial charge in [0.2, 0.25) is 11.8 Å². The molecule has 5 rings (SSSR count). The Balaban J connectivity index is 1.34. The van der Waals surface area contributed by atoms with Crippen LogP contribution in [0, 0.1) is 0 Å². The summed E-state index contributed by atoms with van der Waals surface area (Å²) >= 11 is 14.3. The van der Waals surface area contributed by atoms with Gasteiger partial charge in [0.25, 0.3) is 0 Å². The van der Waals surface area contributed by atoms with E-state index in [1.54, 1.807) is 12.4 Å². The van der Waals surface area contributed by atoms with Crippen molar-refractivity contribution < 1.29 is 4.74 Å². The minimum absolute atomic E-state index is 0.412. The van der Waals surface area contributed by atoms with E-state index in [4.69, 9.17) is 32.9 Å². The van der Waals surface area contributed by atoms with Gasteiger partial charge < -0.3 is 14.8 Å². The number of hydrogen-bond donors (Lipinski definition) is 2. The van der Waals surface area contributed by atoms with Gasteiger partial charge in [0.1, 0.15) is 0 Å². The number of rotatable bonds is 8. The molecule has 0 amide bonds. The van der Waals surface area contributed by atoms with E-state index in [1.165, 1.54) is 31.2 Å². The number of pyridine rings is 1. The highest BCUT2D eigenvalue weighted by molar-refractivity contribution is 8.00. The molecule has 0 bridgehead atoms. The van der Waals surface area contributed by atoms with Crippen LogP contribution < -0.4 is 20.1 Å². The maximum Gasteiger partial charge on any atom is 0.228 e. The van der Waals surface area contributed by atoms with E-state index in [1.807, 2.05) is 54.6 Å². The molecule has 2 aromatic carbocycles. The van der Waals surface area contributed by atoms with Crippen LogP contribution in [0.2, 0.25) is 10.0 Å². The predicted octanol–water partition coefficient (Wildman–Crippen LogP) is 8.00. The van der Waals surface area contributed by atoms with Crippen molar-refractivity contribution in [1.82, 2.24) is 15.0 Å². The molecular weight excluding hydrogens is 544 g/mol. The highest BCUT2D eigenvalue weighted by atomic mass is 35.5. The van der Waals surface area contributed by atoms with Gasteiger partial charge in [-0.2, -0.15) is 0 Å². The number of halogens is 2. The first kappa shape index (κ1) is 26.1. The number of anilines is 2. The third kappa shape index (κ3) is 6.66. The minimum atomic E-state index is 0.412. The topological polar surface area (TPSA) is 72.0 Å². The van der Waals surface area contributed by atoms with Crippen molar-refractivity contribution >= 4 is 61.3 Å². The van der Waals surface area contributed by atoms with Crippen molar-refractivity contribution in [2.45, 2.75) is 43.0 Å². The first-order valence-corrected chi connectivity index (χ1v) is 14.2. The summed E-state index contributed by atoms with van der Waals surface area (Å²) in [4.78, 5) is 14.6. The maximum atomic E-state index is 6.65. The molecule has 0 aliphatic heterocycles. The molecule has 0 spiro atoms. The average molecular weight is 570 g/mol. The lowest BCUT2D eigenvalue weighted by Gasteiger charge is -2.22. The average Bonchev–Trinajstić information content (AvgIpc) is 2.91. The third-order valence-electron chi connectivity index (χ3n) is 6.03. The maximum absolute atomic E-state index is 6.65. The van der Waals surface area contributed by atoms with Gasteiger partial charge in [0.15, 0.2) is 5.75 Å². The number of ether oxygens (including phenoxy) is 1. The third-order valence-corrected chi connectivity index (χ3v) is 8.09. The Morgan fingerprint density at radius 3 is 2.57 bits per heavy atom. The Hall–Kier alpha value is -2.57. The van der Waals surface area contributed by atoms with Crippen LogP contribution in [-0.4, -0.2) is 21.0 Å². The Kier molecular flexibility index (Phi) is 8.67. The molecule has 1 aliphatic rings. The molecule has 1 aliphatic carbocycles. The van der Waals surface area contributed by atoms with Gasteiger partial charge in [-0.15, -0.1) is 9.24 Å². The van der Waals surface area contributed by atoms with E-state index in [9.17, 15) is 0 Å². The molecule has 4 aromatic rings. The van der Waals surface area contributed by atoms with Gasteiger partial charge in [-0.1, -0.05) is 54.6 Å². The molecule has 1 saturated carbocycles. The minimum Gasteiger partial charge on any atom is -0.436 e. The smallest absolute Gasteiger partial charge is 0.228 e. The Bertz CT molecular complexity index is 1360. The van der Waals surface area contributed by atoms with Crippen LogP contribution in [0.15, 0.2) is 71.9 Å². The fraction of sp³-hybridized carbons (Fsp3) is 0.222. The molecule has 1 atom stereocenters. The van der Waals surface area contributed by atoms with Crippen molar-refractivity contribution in [3.63, 3.8) is 0 Å². The lowest BCUT2D eigenvalue weighted by Crippen LogP contribution is -2.23. The zero-order valence-electron chi connectivity index (χ0n) is 20.0. The largest absolute Gasteiger partial charge is 0.436 e. The number of aromatic nitrogens is 3. The summed E-state index contributed by atoms with van der Waals surface area (Å²) in [6.45, 7) is 0. The zero-order valence-corrected chi connectivity index (χ0v) is 23.4. The quantitative estimate of drug-likeness (QED) is 0.164. The Morgan fingerprint density at radius 2 is 1.76 bits per heavy atom. The highest BCUT2D eigenvalue weighted by Crippen LogP contribution is 2.36. The van der Waals surface area contributed by atoms with Gasteiger partial charge in [-0.3, -0.25) is 0 Å². The molecule has 2 heterocycles. The second-order valence-corrected chi connectivity index (χ2v) is 11.0. The van der Waals surface area contributed by atoms with Gasteiger partial charge in [-0.25, -0.2) is 15.0 Å². The molecule has 10 heteroatoms. The molecule has 0 radical (unpaired) electrons. The van der Waals surface area contributed by atoms with Crippen LogP contribution in [-0.2, 0) is 0 Å². The van der Waals surface area contributed by atoms with Crippen LogP contribution in [0.25, 0.3) is 11.3 Å².